The number of hydrogen-bond acceptors (Lipinski definition) is 7. The second-order valence-corrected chi connectivity index (χ2v) is 5.42. The third kappa shape index (κ3) is 3.31. The topological polar surface area (TPSA) is 107 Å². The molecule has 0 spiro atoms. The maximum absolute atomic E-state index is 11.3. The number of rotatable bonds is 6. The van der Waals surface area contributed by atoms with Crippen LogP contribution in [0.5, 0.6) is 0 Å². The summed E-state index contributed by atoms with van der Waals surface area (Å²) < 4.78 is 5.24. The third-order valence-corrected chi connectivity index (χ3v) is 3.27. The highest BCUT2D eigenvalue weighted by molar-refractivity contribution is 7.09. The van der Waals surface area contributed by atoms with Crippen LogP contribution in [0.15, 0.2) is 6.20 Å². The van der Waals surface area contributed by atoms with Crippen molar-refractivity contribution >= 4 is 17.5 Å². The molecule has 0 aliphatic rings. The number of hydrogen-bond donors (Lipinski definition) is 1. The van der Waals surface area contributed by atoms with E-state index in [4.69, 9.17) is 0 Å². The predicted molar refractivity (Wildman–Crippen MR) is 67.3 cm³/mol. The molecule has 0 fully saturated rings. The van der Waals surface area contributed by atoms with E-state index in [1.165, 1.54) is 16.2 Å². The smallest absolute Gasteiger partial charge is 0.308 e. The van der Waals surface area contributed by atoms with Gasteiger partial charge in [0.25, 0.3) is 0 Å². The van der Waals surface area contributed by atoms with E-state index >= 15 is 0 Å². The standard InChI is InChI=1S/C10H14N6O2S/c1-6(2)3-7(10(17)18)5-16-9(12-13-14-16)8-4-11-15-19-8/h4,6-7H,3,5H2,1-2H3,(H,17,18). The van der Waals surface area contributed by atoms with E-state index in [1.807, 2.05) is 13.8 Å². The summed E-state index contributed by atoms with van der Waals surface area (Å²) in [7, 11) is 0. The second-order valence-electron chi connectivity index (χ2n) is 4.63. The summed E-state index contributed by atoms with van der Waals surface area (Å²) in [5.74, 6) is -0.545. The lowest BCUT2D eigenvalue weighted by Crippen LogP contribution is -2.23. The Bertz CT molecular complexity index is 538. The fourth-order valence-corrected chi connectivity index (χ4v) is 2.31. The van der Waals surface area contributed by atoms with Crippen molar-refractivity contribution in [3.8, 4) is 10.7 Å². The quantitative estimate of drug-likeness (QED) is 0.840. The van der Waals surface area contributed by atoms with Crippen LogP contribution in [-0.2, 0) is 11.3 Å². The molecule has 2 heterocycles. The highest BCUT2D eigenvalue weighted by Gasteiger charge is 2.22. The van der Waals surface area contributed by atoms with Crippen LogP contribution in [-0.4, -0.2) is 40.9 Å². The second kappa shape index (κ2) is 5.83. The molecule has 8 nitrogen and oxygen atoms in total. The Morgan fingerprint density at radius 2 is 2.32 bits per heavy atom. The van der Waals surface area contributed by atoms with Crippen LogP contribution in [0.4, 0.5) is 0 Å². The normalized spacial score (nSPS) is 12.8. The van der Waals surface area contributed by atoms with Crippen molar-refractivity contribution in [1.29, 1.82) is 0 Å². The van der Waals surface area contributed by atoms with E-state index in [1.54, 1.807) is 6.20 Å². The molecule has 0 aliphatic heterocycles. The van der Waals surface area contributed by atoms with Gasteiger partial charge in [-0.15, -0.1) is 10.2 Å². The molecule has 9 heteroatoms. The minimum Gasteiger partial charge on any atom is -0.481 e. The fraction of sp³-hybridized carbons (Fsp3) is 0.600. The van der Waals surface area contributed by atoms with Crippen molar-refractivity contribution in [3.05, 3.63) is 6.20 Å². The zero-order valence-corrected chi connectivity index (χ0v) is 11.4. The Balaban J connectivity index is 2.18. The van der Waals surface area contributed by atoms with Crippen LogP contribution in [0, 0.1) is 11.8 Å². The average molecular weight is 282 g/mol. The molecule has 19 heavy (non-hydrogen) atoms. The Hall–Kier alpha value is -1.90. The Kier molecular flexibility index (Phi) is 4.15. The van der Waals surface area contributed by atoms with E-state index in [2.05, 4.69) is 25.1 Å². The molecular weight excluding hydrogens is 268 g/mol. The summed E-state index contributed by atoms with van der Waals surface area (Å²) in [4.78, 5) is 12.0. The minimum atomic E-state index is -0.836. The largest absolute Gasteiger partial charge is 0.481 e. The van der Waals surface area contributed by atoms with Gasteiger partial charge < -0.3 is 5.11 Å². The monoisotopic (exact) mass is 282 g/mol. The Labute approximate surface area is 113 Å². The molecule has 2 aromatic heterocycles. The van der Waals surface area contributed by atoms with Gasteiger partial charge in [0.1, 0.15) is 4.88 Å². The summed E-state index contributed by atoms with van der Waals surface area (Å²) in [5.41, 5.74) is 0. The van der Waals surface area contributed by atoms with Gasteiger partial charge in [-0.2, -0.15) is 0 Å². The Morgan fingerprint density at radius 3 is 2.89 bits per heavy atom. The number of carboxylic acids is 1. The number of carbonyl (C=O) groups is 1. The molecule has 0 amide bonds. The number of aliphatic carboxylic acids is 1. The number of tetrazole rings is 1. The van der Waals surface area contributed by atoms with Crippen LogP contribution in [0.3, 0.4) is 0 Å². The van der Waals surface area contributed by atoms with Crippen molar-refractivity contribution < 1.29 is 9.90 Å². The first-order valence-electron chi connectivity index (χ1n) is 5.84. The molecule has 2 aromatic rings. The van der Waals surface area contributed by atoms with Crippen molar-refractivity contribution in [3.63, 3.8) is 0 Å². The zero-order chi connectivity index (χ0) is 13.8. The van der Waals surface area contributed by atoms with Gasteiger partial charge in [0.15, 0.2) is 5.82 Å². The summed E-state index contributed by atoms with van der Waals surface area (Å²) >= 11 is 1.17. The maximum atomic E-state index is 11.3. The van der Waals surface area contributed by atoms with Crippen LogP contribution >= 0.6 is 11.5 Å². The lowest BCUT2D eigenvalue weighted by atomic mass is 9.97. The third-order valence-electron chi connectivity index (χ3n) is 2.61. The van der Waals surface area contributed by atoms with Crippen molar-refractivity contribution in [2.45, 2.75) is 26.8 Å². The summed E-state index contributed by atoms with van der Waals surface area (Å²) in [5, 5.41) is 24.3. The molecular formula is C10H14N6O2S. The number of carboxylic acid groups (broad SMARTS) is 1. The fourth-order valence-electron chi connectivity index (χ4n) is 1.80. The molecule has 0 bridgehead atoms. The van der Waals surface area contributed by atoms with Crippen molar-refractivity contribution in [1.82, 2.24) is 29.8 Å². The van der Waals surface area contributed by atoms with Gasteiger partial charge in [-0.1, -0.05) is 18.3 Å². The van der Waals surface area contributed by atoms with Gasteiger partial charge >= 0.3 is 5.97 Å². The maximum Gasteiger partial charge on any atom is 0.308 e. The lowest BCUT2D eigenvalue weighted by Gasteiger charge is -2.14. The predicted octanol–water partition coefficient (Wildman–Crippen LogP) is 0.938. The molecule has 1 atom stereocenters. The highest BCUT2D eigenvalue weighted by Crippen LogP contribution is 2.20. The van der Waals surface area contributed by atoms with E-state index in [0.29, 0.717) is 18.2 Å². The molecule has 0 saturated heterocycles. The molecule has 1 unspecified atom stereocenters. The molecule has 0 radical (unpaired) electrons. The van der Waals surface area contributed by atoms with E-state index < -0.39 is 11.9 Å². The first-order chi connectivity index (χ1) is 9.08. The average Bonchev–Trinajstić information content (AvgIpc) is 2.96. The number of nitrogens with zero attached hydrogens (tertiary/aromatic N) is 6. The van der Waals surface area contributed by atoms with Gasteiger partial charge in [0.2, 0.25) is 0 Å². The van der Waals surface area contributed by atoms with Crippen molar-refractivity contribution in [2.24, 2.45) is 11.8 Å². The Morgan fingerprint density at radius 1 is 1.53 bits per heavy atom. The van der Waals surface area contributed by atoms with Crippen molar-refractivity contribution in [2.75, 3.05) is 0 Å². The molecule has 0 aromatic carbocycles. The highest BCUT2D eigenvalue weighted by atomic mass is 32.1. The van der Waals surface area contributed by atoms with Crippen LogP contribution < -0.4 is 0 Å². The SMILES string of the molecule is CC(C)CC(Cn1nnnc1-c1cnns1)C(=O)O. The van der Waals surface area contributed by atoms with E-state index in [9.17, 15) is 9.90 Å². The first-order valence-corrected chi connectivity index (χ1v) is 6.62. The molecule has 0 aliphatic carbocycles. The summed E-state index contributed by atoms with van der Waals surface area (Å²) in [6, 6.07) is 0. The molecule has 0 saturated carbocycles. The summed E-state index contributed by atoms with van der Waals surface area (Å²) in [6.45, 7) is 4.22. The van der Waals surface area contributed by atoms with Gasteiger partial charge in [0.05, 0.1) is 18.7 Å². The van der Waals surface area contributed by atoms with Gasteiger partial charge in [0, 0.05) is 0 Å². The van der Waals surface area contributed by atoms with Gasteiger partial charge in [-0.05, 0) is 34.3 Å². The van der Waals surface area contributed by atoms with Gasteiger partial charge in [-0.25, -0.2) is 4.68 Å². The van der Waals surface area contributed by atoms with Crippen LogP contribution in [0.1, 0.15) is 20.3 Å². The molecule has 1 N–H and O–H groups in total. The minimum absolute atomic E-state index is 0.244. The zero-order valence-electron chi connectivity index (χ0n) is 10.6. The number of aromatic nitrogens is 6. The van der Waals surface area contributed by atoms with Gasteiger partial charge in [-0.3, -0.25) is 4.79 Å². The van der Waals surface area contributed by atoms with Crippen LogP contribution in [0.25, 0.3) is 10.7 Å². The van der Waals surface area contributed by atoms with E-state index in [0.717, 1.165) is 4.88 Å². The van der Waals surface area contributed by atoms with Crippen LogP contribution in [0.2, 0.25) is 0 Å². The first kappa shape index (κ1) is 13.5. The lowest BCUT2D eigenvalue weighted by molar-refractivity contribution is -0.142. The molecule has 2 rings (SSSR count). The molecule has 102 valence electrons. The summed E-state index contributed by atoms with van der Waals surface area (Å²) in [6.07, 6.45) is 2.14. The van der Waals surface area contributed by atoms with E-state index in [-0.39, 0.29) is 6.54 Å².